The van der Waals surface area contributed by atoms with Crippen LogP contribution in [0.4, 0.5) is 0 Å². The Morgan fingerprint density at radius 1 is 0.697 bits per heavy atom. The van der Waals surface area contributed by atoms with E-state index in [1.54, 1.807) is 0 Å². The van der Waals surface area contributed by atoms with E-state index in [2.05, 4.69) is 54.6 Å². The number of rotatable bonds is 13. The quantitative estimate of drug-likeness (QED) is 0.149. The number of benzene rings is 3. The maximum atomic E-state index is 11.7. The zero-order chi connectivity index (χ0) is 23.5. The summed E-state index contributed by atoms with van der Waals surface area (Å²) < 4.78 is 11.5. The molecular weight excluding hydrogens is 408 g/mol. The van der Waals surface area contributed by atoms with Crippen LogP contribution in [-0.4, -0.2) is 18.2 Å². The van der Waals surface area contributed by atoms with E-state index < -0.39 is 0 Å². The number of carbonyl (C=O) groups excluding carboxylic acids is 1. The minimum atomic E-state index is -0.369. The Morgan fingerprint density at radius 3 is 1.94 bits per heavy atom. The molecule has 0 fully saturated rings. The Morgan fingerprint density at radius 2 is 1.27 bits per heavy atom. The van der Waals surface area contributed by atoms with E-state index in [-0.39, 0.29) is 11.6 Å². The van der Waals surface area contributed by atoms with Gasteiger partial charge in [0.05, 0.1) is 6.61 Å². The van der Waals surface area contributed by atoms with Crippen molar-refractivity contribution < 1.29 is 14.3 Å². The summed E-state index contributed by atoms with van der Waals surface area (Å²) in [5, 5.41) is 4.95. The maximum Gasteiger partial charge on any atom is 0.306 e. The highest BCUT2D eigenvalue weighted by Gasteiger charge is 2.15. The third kappa shape index (κ3) is 8.72. The molecule has 33 heavy (non-hydrogen) atoms. The lowest BCUT2D eigenvalue weighted by Gasteiger charge is -2.19. The van der Waals surface area contributed by atoms with Crippen molar-refractivity contribution in [1.29, 1.82) is 0 Å². The van der Waals surface area contributed by atoms with Crippen LogP contribution in [0.25, 0.3) is 21.5 Å². The van der Waals surface area contributed by atoms with Crippen molar-refractivity contribution in [3.8, 4) is 5.75 Å². The minimum Gasteiger partial charge on any atom is -0.493 e. The molecule has 0 saturated carbocycles. The smallest absolute Gasteiger partial charge is 0.306 e. The Balaban J connectivity index is 1.24. The molecule has 0 radical (unpaired) electrons. The number of hydrogen-bond donors (Lipinski definition) is 0. The predicted octanol–water partition coefficient (Wildman–Crippen LogP) is 8.61. The zero-order valence-electron chi connectivity index (χ0n) is 20.7. The Kier molecular flexibility index (Phi) is 9.60. The van der Waals surface area contributed by atoms with Gasteiger partial charge in [0.2, 0.25) is 0 Å². The van der Waals surface area contributed by atoms with E-state index in [0.29, 0.717) is 6.42 Å². The van der Waals surface area contributed by atoms with E-state index in [9.17, 15) is 4.79 Å². The summed E-state index contributed by atoms with van der Waals surface area (Å²) in [5.41, 5.74) is -0.369. The van der Waals surface area contributed by atoms with Crippen LogP contribution in [0.5, 0.6) is 5.75 Å². The molecule has 3 nitrogen and oxygen atoms in total. The molecule has 3 heteroatoms. The normalized spacial score (nSPS) is 11.7. The molecule has 0 heterocycles. The van der Waals surface area contributed by atoms with Gasteiger partial charge >= 0.3 is 5.97 Å². The van der Waals surface area contributed by atoms with Crippen molar-refractivity contribution in [1.82, 2.24) is 0 Å². The highest BCUT2D eigenvalue weighted by atomic mass is 16.6. The van der Waals surface area contributed by atoms with Crippen molar-refractivity contribution in [3.05, 3.63) is 54.6 Å². The van der Waals surface area contributed by atoms with Gasteiger partial charge in [0.1, 0.15) is 11.4 Å². The molecule has 3 aromatic rings. The summed E-state index contributed by atoms with van der Waals surface area (Å²) >= 11 is 0. The Labute approximate surface area is 199 Å². The van der Waals surface area contributed by atoms with Gasteiger partial charge in [-0.25, -0.2) is 0 Å². The van der Waals surface area contributed by atoms with Crippen LogP contribution < -0.4 is 4.74 Å². The van der Waals surface area contributed by atoms with E-state index in [1.165, 1.54) is 60.1 Å². The lowest BCUT2D eigenvalue weighted by molar-refractivity contribution is -0.154. The van der Waals surface area contributed by atoms with E-state index >= 15 is 0 Å². The van der Waals surface area contributed by atoms with Gasteiger partial charge in [-0.1, -0.05) is 81.3 Å². The first-order chi connectivity index (χ1) is 15.9. The predicted molar refractivity (Wildman–Crippen MR) is 139 cm³/mol. The van der Waals surface area contributed by atoms with E-state index in [1.807, 2.05) is 20.8 Å². The van der Waals surface area contributed by atoms with Crippen molar-refractivity contribution in [3.63, 3.8) is 0 Å². The molecular formula is C30H40O3. The zero-order valence-corrected chi connectivity index (χ0v) is 20.7. The summed E-state index contributed by atoms with van der Waals surface area (Å²) in [6.07, 6.45) is 11.2. The monoisotopic (exact) mass is 448 g/mol. The van der Waals surface area contributed by atoms with Crippen LogP contribution in [0.1, 0.15) is 85.0 Å². The number of carbonyl (C=O) groups is 1. The second-order valence-electron chi connectivity index (χ2n) is 10.0. The molecule has 0 amide bonds. The van der Waals surface area contributed by atoms with E-state index in [4.69, 9.17) is 9.47 Å². The molecule has 3 aromatic carbocycles. The number of ether oxygens (including phenoxy) is 2. The van der Waals surface area contributed by atoms with Crippen molar-refractivity contribution >= 4 is 27.5 Å². The van der Waals surface area contributed by atoms with Crippen LogP contribution in [0.3, 0.4) is 0 Å². The first-order valence-electron chi connectivity index (χ1n) is 12.7. The Hall–Kier alpha value is -2.55. The van der Waals surface area contributed by atoms with Gasteiger partial charge in [0.15, 0.2) is 0 Å². The van der Waals surface area contributed by atoms with Gasteiger partial charge in [0.25, 0.3) is 0 Å². The van der Waals surface area contributed by atoms with Gasteiger partial charge in [-0.15, -0.1) is 0 Å². The fourth-order valence-corrected chi connectivity index (χ4v) is 4.25. The molecule has 0 unspecified atom stereocenters. The second-order valence-corrected chi connectivity index (χ2v) is 10.0. The minimum absolute atomic E-state index is 0.0680. The van der Waals surface area contributed by atoms with Crippen molar-refractivity contribution in [2.45, 2.75) is 90.6 Å². The number of fused-ring (bicyclic) bond motifs is 2. The average Bonchev–Trinajstić information content (AvgIpc) is 2.77. The standard InChI is InChI=1S/C30H40O3/c1-30(2,3)33-29(31)20-11-9-7-5-4-6-8-10-14-21-32-28-19-15-18-26-22-24-16-12-13-17-25(24)23-27(26)28/h12-13,15-19,22-23H,4-11,14,20-21H2,1-3H3. The third-order valence-electron chi connectivity index (χ3n) is 5.91. The molecule has 0 atom stereocenters. The highest BCUT2D eigenvalue weighted by Crippen LogP contribution is 2.30. The first-order valence-corrected chi connectivity index (χ1v) is 12.7. The van der Waals surface area contributed by atoms with Crippen LogP contribution in [0, 0.1) is 0 Å². The molecule has 0 aromatic heterocycles. The van der Waals surface area contributed by atoms with Crippen molar-refractivity contribution in [2.75, 3.05) is 6.61 Å². The average molecular weight is 449 g/mol. The van der Waals surface area contributed by atoms with Gasteiger partial charge in [-0.2, -0.15) is 0 Å². The molecule has 178 valence electrons. The maximum absolute atomic E-state index is 11.7. The lowest BCUT2D eigenvalue weighted by Crippen LogP contribution is -2.23. The molecule has 0 bridgehead atoms. The number of hydrogen-bond acceptors (Lipinski definition) is 3. The van der Waals surface area contributed by atoms with Crippen LogP contribution >= 0.6 is 0 Å². The molecule has 0 aliphatic rings. The fraction of sp³-hybridized carbons (Fsp3) is 0.500. The number of esters is 1. The van der Waals surface area contributed by atoms with Crippen LogP contribution in [0.2, 0.25) is 0 Å². The summed E-state index contributed by atoms with van der Waals surface area (Å²) in [7, 11) is 0. The SMILES string of the molecule is CC(C)(C)OC(=O)CCCCCCCCCCCOc1cccc2cc3ccccc3cc12. The lowest BCUT2D eigenvalue weighted by atomic mass is 10.0. The van der Waals surface area contributed by atoms with Gasteiger partial charge in [0, 0.05) is 11.8 Å². The molecule has 0 saturated heterocycles. The van der Waals surface area contributed by atoms with E-state index in [0.717, 1.165) is 31.6 Å². The largest absolute Gasteiger partial charge is 0.493 e. The topological polar surface area (TPSA) is 35.5 Å². The number of unbranched alkanes of at least 4 members (excludes halogenated alkanes) is 8. The fourth-order valence-electron chi connectivity index (χ4n) is 4.25. The molecule has 0 aliphatic heterocycles. The molecule has 0 aliphatic carbocycles. The second kappa shape index (κ2) is 12.6. The summed E-state index contributed by atoms with van der Waals surface area (Å²) in [6, 6.07) is 19.3. The molecule has 3 rings (SSSR count). The van der Waals surface area contributed by atoms with Crippen LogP contribution in [0.15, 0.2) is 54.6 Å². The first kappa shape index (κ1) is 25.1. The molecule has 0 spiro atoms. The van der Waals surface area contributed by atoms with Gasteiger partial charge in [-0.3, -0.25) is 4.79 Å². The van der Waals surface area contributed by atoms with Crippen LogP contribution in [-0.2, 0) is 9.53 Å². The summed E-state index contributed by atoms with van der Waals surface area (Å²) in [6.45, 7) is 6.53. The summed E-state index contributed by atoms with van der Waals surface area (Å²) in [5.74, 6) is 0.922. The van der Waals surface area contributed by atoms with Gasteiger partial charge < -0.3 is 9.47 Å². The van der Waals surface area contributed by atoms with Crippen molar-refractivity contribution in [2.24, 2.45) is 0 Å². The summed E-state index contributed by atoms with van der Waals surface area (Å²) in [4.78, 5) is 11.7. The molecule has 0 N–H and O–H groups in total. The third-order valence-corrected chi connectivity index (χ3v) is 5.91. The highest BCUT2D eigenvalue weighted by molar-refractivity contribution is 6.00. The van der Waals surface area contributed by atoms with Gasteiger partial charge in [-0.05, 0) is 68.0 Å². The Bertz CT molecular complexity index is 1020.